The Hall–Kier alpha value is -2.64. The van der Waals surface area contributed by atoms with Crippen molar-refractivity contribution >= 4 is 29.2 Å². The van der Waals surface area contributed by atoms with Gasteiger partial charge in [-0.25, -0.2) is 4.98 Å². The Bertz CT molecular complexity index is 804. The van der Waals surface area contributed by atoms with Gasteiger partial charge in [0.05, 0.1) is 11.9 Å². The molecule has 2 aliphatic rings. The number of piperidine rings is 1. The first kappa shape index (κ1) is 22.1. The Morgan fingerprint density at radius 2 is 1.83 bits per heavy atom. The van der Waals surface area contributed by atoms with Gasteiger partial charge in [-0.2, -0.15) is 0 Å². The number of anilines is 2. The van der Waals surface area contributed by atoms with Crippen molar-refractivity contribution in [3.63, 3.8) is 0 Å². The molecule has 4 N–H and O–H groups in total. The first-order valence-corrected chi connectivity index (χ1v) is 10.9. The van der Waals surface area contributed by atoms with Crippen LogP contribution in [0.1, 0.15) is 57.9 Å². The number of amides is 3. The van der Waals surface area contributed by atoms with E-state index in [1.807, 2.05) is 0 Å². The average molecular weight is 416 g/mol. The summed E-state index contributed by atoms with van der Waals surface area (Å²) in [4.78, 5) is 42.9. The summed E-state index contributed by atoms with van der Waals surface area (Å²) in [6.07, 6.45) is 7.18. The zero-order valence-corrected chi connectivity index (χ0v) is 18.1. The smallest absolute Gasteiger partial charge is 0.313 e. The summed E-state index contributed by atoms with van der Waals surface area (Å²) < 4.78 is 0. The predicted molar refractivity (Wildman–Crippen MR) is 115 cm³/mol. The molecule has 1 aliphatic heterocycles. The quantitative estimate of drug-likeness (QED) is 0.655. The number of nitrogens with one attached hydrogen (secondary N) is 2. The van der Waals surface area contributed by atoms with Gasteiger partial charge in [0.2, 0.25) is 5.91 Å². The number of nitrogens with two attached hydrogens (primary N) is 1. The first-order chi connectivity index (χ1) is 14.2. The highest BCUT2D eigenvalue weighted by Gasteiger charge is 2.39. The van der Waals surface area contributed by atoms with Crippen molar-refractivity contribution in [2.75, 3.05) is 17.6 Å². The number of nitrogen functional groups attached to an aromatic ring is 1. The average Bonchev–Trinajstić information content (AvgIpc) is 2.70. The molecule has 2 heterocycles. The van der Waals surface area contributed by atoms with Gasteiger partial charge in [-0.05, 0) is 68.9 Å². The van der Waals surface area contributed by atoms with Crippen LogP contribution in [-0.4, -0.2) is 46.2 Å². The molecule has 3 rings (SSSR count). The molecule has 2 atom stereocenters. The van der Waals surface area contributed by atoms with Gasteiger partial charge in [0.15, 0.2) is 0 Å². The normalized spacial score (nSPS) is 26.7. The van der Waals surface area contributed by atoms with Crippen LogP contribution >= 0.6 is 0 Å². The lowest BCUT2D eigenvalue weighted by atomic mass is 9.77. The van der Waals surface area contributed by atoms with Crippen molar-refractivity contribution < 1.29 is 14.4 Å². The Morgan fingerprint density at radius 3 is 2.47 bits per heavy atom. The van der Waals surface area contributed by atoms with Crippen molar-refractivity contribution in [1.29, 1.82) is 0 Å². The van der Waals surface area contributed by atoms with Crippen molar-refractivity contribution in [2.24, 2.45) is 11.8 Å². The number of aromatic nitrogens is 1. The second-order valence-electron chi connectivity index (χ2n) is 8.90. The lowest BCUT2D eigenvalue weighted by Crippen LogP contribution is -2.54. The van der Waals surface area contributed by atoms with E-state index in [0.29, 0.717) is 29.9 Å². The largest absolute Gasteiger partial charge is 0.383 e. The van der Waals surface area contributed by atoms with Gasteiger partial charge < -0.3 is 21.3 Å². The summed E-state index contributed by atoms with van der Waals surface area (Å²) in [7, 11) is 0. The maximum atomic E-state index is 13.1. The minimum Gasteiger partial charge on any atom is -0.383 e. The fourth-order valence-corrected chi connectivity index (χ4v) is 4.80. The maximum absolute atomic E-state index is 13.1. The summed E-state index contributed by atoms with van der Waals surface area (Å²) in [6, 6.07) is 2.01. The number of rotatable bonds is 3. The molecular formula is C22H33N5O3. The second kappa shape index (κ2) is 9.45. The number of aryl methyl sites for hydroxylation is 1. The highest BCUT2D eigenvalue weighted by Crippen LogP contribution is 2.35. The highest BCUT2D eigenvalue weighted by molar-refractivity contribution is 6.39. The molecule has 0 radical (unpaired) electrons. The van der Waals surface area contributed by atoms with Gasteiger partial charge in [0.1, 0.15) is 5.82 Å². The van der Waals surface area contributed by atoms with E-state index in [2.05, 4.69) is 22.5 Å². The summed E-state index contributed by atoms with van der Waals surface area (Å²) >= 11 is 0. The van der Waals surface area contributed by atoms with E-state index in [9.17, 15) is 14.4 Å². The SMILES string of the molecule is CC(=O)N[C@H]1CC[C@H]([C@H]2CC[C@H](C)CN2C(=O)C(=O)Nc2cnc(N)c(C)c2)CC1. The number of hydrogen-bond donors (Lipinski definition) is 3. The molecule has 1 aliphatic carbocycles. The van der Waals surface area contributed by atoms with Crippen LogP contribution in [0.2, 0.25) is 0 Å². The zero-order chi connectivity index (χ0) is 21.8. The molecule has 0 bridgehead atoms. The van der Waals surface area contributed by atoms with Gasteiger partial charge in [-0.15, -0.1) is 0 Å². The van der Waals surface area contributed by atoms with Gasteiger partial charge in [0, 0.05) is 25.6 Å². The number of likely N-dealkylation sites (tertiary alicyclic amines) is 1. The minimum absolute atomic E-state index is 0.00538. The topological polar surface area (TPSA) is 117 Å². The second-order valence-corrected chi connectivity index (χ2v) is 8.90. The van der Waals surface area contributed by atoms with Crippen LogP contribution in [0.4, 0.5) is 11.5 Å². The fourth-order valence-electron chi connectivity index (χ4n) is 4.80. The Balaban J connectivity index is 1.66. The van der Waals surface area contributed by atoms with Crippen LogP contribution in [0.5, 0.6) is 0 Å². The van der Waals surface area contributed by atoms with Crippen molar-refractivity contribution in [2.45, 2.75) is 71.4 Å². The highest BCUT2D eigenvalue weighted by atomic mass is 16.2. The summed E-state index contributed by atoms with van der Waals surface area (Å²) in [5.74, 6) is 0.0239. The summed E-state index contributed by atoms with van der Waals surface area (Å²) in [5.41, 5.74) is 6.95. The molecule has 30 heavy (non-hydrogen) atoms. The third-order valence-corrected chi connectivity index (χ3v) is 6.42. The number of hydrogen-bond acceptors (Lipinski definition) is 5. The van der Waals surface area contributed by atoms with Gasteiger partial charge in [-0.3, -0.25) is 14.4 Å². The molecule has 0 aromatic carbocycles. The number of carbonyl (C=O) groups excluding carboxylic acids is 3. The molecule has 2 fully saturated rings. The molecule has 1 aromatic heterocycles. The van der Waals surface area contributed by atoms with Gasteiger partial charge in [0.25, 0.3) is 0 Å². The van der Waals surface area contributed by atoms with Gasteiger partial charge in [-0.1, -0.05) is 6.92 Å². The van der Waals surface area contributed by atoms with E-state index < -0.39 is 11.8 Å². The predicted octanol–water partition coefficient (Wildman–Crippen LogP) is 2.23. The molecule has 0 unspecified atom stereocenters. The molecule has 8 nitrogen and oxygen atoms in total. The Morgan fingerprint density at radius 1 is 1.13 bits per heavy atom. The van der Waals surface area contributed by atoms with Crippen LogP contribution in [-0.2, 0) is 14.4 Å². The summed E-state index contributed by atoms with van der Waals surface area (Å²) in [6.45, 7) is 6.07. The van der Waals surface area contributed by atoms with E-state index in [-0.39, 0.29) is 18.0 Å². The maximum Gasteiger partial charge on any atom is 0.313 e. The minimum atomic E-state index is -0.632. The molecule has 3 amide bonds. The standard InChI is InChI=1S/C22H33N5O3/c1-13-4-9-19(16-5-7-17(8-6-16)25-15(3)28)27(12-13)22(30)21(29)26-18-10-14(2)20(23)24-11-18/h10-11,13,16-17,19H,4-9,12H2,1-3H3,(H2,23,24)(H,25,28)(H,26,29)/t13-,16-,17-,19+/m0/s1. The molecule has 1 saturated carbocycles. The van der Waals surface area contributed by atoms with Crippen molar-refractivity contribution in [3.05, 3.63) is 17.8 Å². The van der Waals surface area contributed by atoms with E-state index in [0.717, 1.165) is 44.1 Å². The molecule has 1 aromatic rings. The van der Waals surface area contributed by atoms with E-state index in [1.54, 1.807) is 24.8 Å². The fraction of sp³-hybridized carbons (Fsp3) is 0.636. The van der Waals surface area contributed by atoms with Crippen LogP contribution in [0, 0.1) is 18.8 Å². The zero-order valence-electron chi connectivity index (χ0n) is 18.1. The molecule has 164 valence electrons. The van der Waals surface area contributed by atoms with Crippen LogP contribution in [0.15, 0.2) is 12.3 Å². The Labute approximate surface area is 178 Å². The van der Waals surface area contributed by atoms with Crippen LogP contribution in [0.25, 0.3) is 0 Å². The monoisotopic (exact) mass is 415 g/mol. The van der Waals surface area contributed by atoms with Crippen LogP contribution in [0.3, 0.4) is 0 Å². The number of carbonyl (C=O) groups is 3. The van der Waals surface area contributed by atoms with Crippen molar-refractivity contribution in [3.8, 4) is 0 Å². The number of nitrogens with zero attached hydrogens (tertiary/aromatic N) is 2. The lowest BCUT2D eigenvalue weighted by Gasteiger charge is -2.44. The third kappa shape index (κ3) is 5.29. The van der Waals surface area contributed by atoms with E-state index in [4.69, 9.17) is 5.73 Å². The number of pyridine rings is 1. The van der Waals surface area contributed by atoms with Crippen LogP contribution < -0.4 is 16.4 Å². The summed E-state index contributed by atoms with van der Waals surface area (Å²) in [5, 5.41) is 5.68. The third-order valence-electron chi connectivity index (χ3n) is 6.42. The van der Waals surface area contributed by atoms with E-state index in [1.165, 1.54) is 6.20 Å². The molecular weight excluding hydrogens is 382 g/mol. The van der Waals surface area contributed by atoms with Crippen molar-refractivity contribution in [1.82, 2.24) is 15.2 Å². The molecule has 1 saturated heterocycles. The molecule has 0 spiro atoms. The van der Waals surface area contributed by atoms with Gasteiger partial charge >= 0.3 is 11.8 Å². The lowest BCUT2D eigenvalue weighted by molar-refractivity contribution is -0.147. The Kier molecular flexibility index (Phi) is 6.95. The first-order valence-electron chi connectivity index (χ1n) is 10.9. The molecule has 8 heteroatoms. The van der Waals surface area contributed by atoms with E-state index >= 15 is 0 Å².